The molecule has 1 heterocycles. The smallest absolute Gasteiger partial charge is 0.258 e. The van der Waals surface area contributed by atoms with Crippen LogP contribution in [-0.4, -0.2) is 13.3 Å². The second kappa shape index (κ2) is 2.68. The fourth-order valence-electron chi connectivity index (χ4n) is 1.00. The molecule has 0 atom stereocenters. The quantitative estimate of drug-likeness (QED) is 0.411. The molecule has 0 saturated heterocycles. The lowest BCUT2D eigenvalue weighted by Crippen LogP contribution is -1.84. The number of rotatable bonds is 1. The second-order valence-corrected chi connectivity index (χ2v) is 4.28. The van der Waals surface area contributed by atoms with Gasteiger partial charge in [0.15, 0.2) is 0 Å². The molecule has 0 fully saturated rings. The fourth-order valence-corrected chi connectivity index (χ4v) is 2.30. The van der Waals surface area contributed by atoms with Crippen LogP contribution in [0.1, 0.15) is 0 Å². The van der Waals surface area contributed by atoms with E-state index in [9.17, 15) is 18.5 Å². The minimum absolute atomic E-state index is 0. The molecule has 0 N–H and O–H groups in total. The van der Waals surface area contributed by atoms with E-state index in [4.69, 9.17) is 0 Å². The summed E-state index contributed by atoms with van der Waals surface area (Å²) < 4.78 is 21.8. The maximum Gasteiger partial charge on any atom is 0.270 e. The van der Waals surface area contributed by atoms with Gasteiger partial charge < -0.3 is 0 Å². The number of benzene rings is 1. The third-order valence-electron chi connectivity index (χ3n) is 1.68. The highest BCUT2D eigenvalue weighted by Gasteiger charge is 2.40. The molecular weight excluding hydrogens is 218 g/mol. The first-order chi connectivity index (χ1) is 5.53. The Hall–Kier alpha value is -1.14. The summed E-state index contributed by atoms with van der Waals surface area (Å²) in [5.41, 5.74) is -0.185. The van der Waals surface area contributed by atoms with Crippen LogP contribution in [0.4, 0.5) is 5.69 Å². The van der Waals surface area contributed by atoms with Gasteiger partial charge in [-0.15, -0.1) is 12.4 Å². The Labute approximate surface area is 79.9 Å². The normalized spacial score (nSPS) is 15.4. The van der Waals surface area contributed by atoms with Crippen LogP contribution in [0.15, 0.2) is 28.0 Å². The molecule has 1 aliphatic heterocycles. The van der Waals surface area contributed by atoms with Crippen molar-refractivity contribution in [3.05, 3.63) is 28.3 Å². The van der Waals surface area contributed by atoms with Crippen LogP contribution in [-0.2, 0) is 9.84 Å². The van der Waals surface area contributed by atoms with Gasteiger partial charge in [0.2, 0.25) is 9.84 Å². The van der Waals surface area contributed by atoms with E-state index in [0.29, 0.717) is 0 Å². The lowest BCUT2D eigenvalue weighted by molar-refractivity contribution is -0.385. The van der Waals surface area contributed by atoms with E-state index in [1.807, 2.05) is 0 Å². The van der Waals surface area contributed by atoms with Gasteiger partial charge in [0, 0.05) is 12.1 Å². The minimum atomic E-state index is -3.24. The zero-order chi connectivity index (χ0) is 8.93. The molecule has 5 nitrogen and oxygen atoms in total. The molecule has 0 aliphatic carbocycles. The Balaban J connectivity index is 0.000000845. The number of nitrogens with zero attached hydrogens (tertiary/aromatic N) is 1. The van der Waals surface area contributed by atoms with E-state index >= 15 is 0 Å². The molecule has 0 aromatic heterocycles. The van der Waals surface area contributed by atoms with Crippen molar-refractivity contribution in [3.63, 3.8) is 0 Å². The van der Waals surface area contributed by atoms with Gasteiger partial charge in [-0.2, -0.15) is 0 Å². The topological polar surface area (TPSA) is 77.3 Å². The average molecular weight is 222 g/mol. The zero-order valence-electron chi connectivity index (χ0n) is 6.13. The van der Waals surface area contributed by atoms with E-state index in [2.05, 4.69) is 0 Å². The van der Waals surface area contributed by atoms with E-state index in [1.54, 1.807) is 0 Å². The summed E-state index contributed by atoms with van der Waals surface area (Å²) in [7, 11) is -3.24. The van der Waals surface area contributed by atoms with E-state index < -0.39 is 14.8 Å². The Morgan fingerprint density at radius 3 is 2.31 bits per heavy atom. The van der Waals surface area contributed by atoms with Gasteiger partial charge in [0.1, 0.15) is 0 Å². The molecule has 0 unspecified atom stereocenters. The number of fused-ring (bicyclic) bond motifs is 1. The minimum Gasteiger partial charge on any atom is -0.258 e. The summed E-state index contributed by atoms with van der Waals surface area (Å²) in [6.45, 7) is 0. The lowest BCUT2D eigenvalue weighted by atomic mass is 10.3. The SMILES string of the molecule is Cl.O=[N+]([O-])c1ccc2c(c1)S2(=O)=O. The predicted molar refractivity (Wildman–Crippen MR) is 45.8 cm³/mol. The maximum atomic E-state index is 10.9. The van der Waals surface area contributed by atoms with Gasteiger partial charge in [-0.3, -0.25) is 10.1 Å². The molecule has 0 bridgehead atoms. The summed E-state index contributed by atoms with van der Waals surface area (Å²) in [6.07, 6.45) is 0. The average Bonchev–Trinajstić information content (AvgIpc) is 2.55. The van der Waals surface area contributed by atoms with Gasteiger partial charge in [-0.25, -0.2) is 8.42 Å². The van der Waals surface area contributed by atoms with Crippen molar-refractivity contribution in [2.24, 2.45) is 0 Å². The standard InChI is InChI=1S/C6H3NO4S.ClH/c8-7(9)4-1-2-5-6(3-4)12(5,10)11;/h1-3H;1H. The Kier molecular flexibility index (Phi) is 2.05. The molecule has 13 heavy (non-hydrogen) atoms. The molecule has 1 aromatic rings. The highest BCUT2D eigenvalue weighted by molar-refractivity contribution is 7.97. The number of halogens is 1. The van der Waals surface area contributed by atoms with Crippen molar-refractivity contribution in [2.45, 2.75) is 9.79 Å². The maximum absolute atomic E-state index is 10.9. The first-order valence-corrected chi connectivity index (χ1v) is 4.55. The van der Waals surface area contributed by atoms with Crippen LogP contribution in [0.2, 0.25) is 0 Å². The summed E-state index contributed by atoms with van der Waals surface area (Å²) >= 11 is 0. The van der Waals surface area contributed by atoms with Crippen LogP contribution >= 0.6 is 12.4 Å². The summed E-state index contributed by atoms with van der Waals surface area (Å²) in [5.74, 6) is 0. The Bertz CT molecular complexity index is 481. The van der Waals surface area contributed by atoms with E-state index in [0.717, 1.165) is 6.07 Å². The van der Waals surface area contributed by atoms with Crippen molar-refractivity contribution < 1.29 is 13.3 Å². The van der Waals surface area contributed by atoms with Gasteiger partial charge in [0.05, 0.1) is 14.7 Å². The number of nitro benzene ring substituents is 1. The van der Waals surface area contributed by atoms with Crippen molar-refractivity contribution in [2.75, 3.05) is 0 Å². The van der Waals surface area contributed by atoms with Crippen LogP contribution in [0, 0.1) is 10.1 Å². The zero-order valence-corrected chi connectivity index (χ0v) is 7.76. The number of hydrogen-bond acceptors (Lipinski definition) is 4. The van der Waals surface area contributed by atoms with Crippen LogP contribution in [0.25, 0.3) is 0 Å². The third kappa shape index (κ3) is 1.27. The molecule has 7 heteroatoms. The predicted octanol–water partition coefficient (Wildman–Crippen LogP) is 1.16. The summed E-state index contributed by atoms with van der Waals surface area (Å²) in [6, 6.07) is 3.51. The first kappa shape index (κ1) is 9.94. The molecule has 70 valence electrons. The van der Waals surface area contributed by atoms with Gasteiger partial charge in [-0.1, -0.05) is 0 Å². The monoisotopic (exact) mass is 221 g/mol. The van der Waals surface area contributed by atoms with Gasteiger partial charge in [-0.05, 0) is 6.07 Å². The van der Waals surface area contributed by atoms with Crippen LogP contribution < -0.4 is 0 Å². The molecule has 0 radical (unpaired) electrons. The Morgan fingerprint density at radius 1 is 1.23 bits per heavy atom. The Morgan fingerprint density at radius 2 is 1.85 bits per heavy atom. The summed E-state index contributed by atoms with van der Waals surface area (Å²) in [5, 5.41) is 10.2. The first-order valence-electron chi connectivity index (χ1n) is 3.07. The van der Waals surface area contributed by atoms with Gasteiger partial charge in [0.25, 0.3) is 5.69 Å². The largest absolute Gasteiger partial charge is 0.270 e. The van der Waals surface area contributed by atoms with Crippen LogP contribution in [0.3, 0.4) is 0 Å². The highest BCUT2D eigenvalue weighted by atomic mass is 35.5. The molecule has 0 amide bonds. The molecule has 2 rings (SSSR count). The molecule has 0 spiro atoms. The van der Waals surface area contributed by atoms with Crippen molar-refractivity contribution in [1.29, 1.82) is 0 Å². The van der Waals surface area contributed by atoms with Crippen molar-refractivity contribution >= 4 is 27.9 Å². The number of non-ortho nitro benzene ring substituents is 1. The van der Waals surface area contributed by atoms with E-state index in [-0.39, 0.29) is 27.9 Å². The van der Waals surface area contributed by atoms with E-state index in [1.165, 1.54) is 12.1 Å². The third-order valence-corrected chi connectivity index (χ3v) is 3.32. The van der Waals surface area contributed by atoms with Crippen molar-refractivity contribution in [3.8, 4) is 0 Å². The second-order valence-electron chi connectivity index (χ2n) is 2.39. The number of hydrogen-bond donors (Lipinski definition) is 0. The van der Waals surface area contributed by atoms with Gasteiger partial charge >= 0.3 is 0 Å². The summed E-state index contributed by atoms with van der Waals surface area (Å²) in [4.78, 5) is 9.86. The fraction of sp³-hybridized carbons (Fsp3) is 0. The number of sulfone groups is 1. The molecule has 1 aromatic carbocycles. The van der Waals surface area contributed by atoms with Crippen LogP contribution in [0.5, 0.6) is 0 Å². The molecule has 1 aliphatic rings. The van der Waals surface area contributed by atoms with Crippen molar-refractivity contribution in [1.82, 2.24) is 0 Å². The molecular formula is C6H4ClNO4S. The highest BCUT2D eigenvalue weighted by Crippen LogP contribution is 2.41. The lowest BCUT2D eigenvalue weighted by Gasteiger charge is -1.83. The molecule has 0 saturated carbocycles. The number of nitro groups is 1.